The number of hydrogen-bond donors (Lipinski definition) is 1. The van der Waals surface area contributed by atoms with E-state index in [2.05, 4.69) is 20.9 Å². The molecule has 0 saturated carbocycles. The number of ether oxygens (including phenoxy) is 1. The first-order chi connectivity index (χ1) is 8.47. The van der Waals surface area contributed by atoms with Crippen molar-refractivity contribution in [1.82, 2.24) is 4.98 Å². The van der Waals surface area contributed by atoms with Crippen LogP contribution in [0, 0.1) is 18.6 Å². The van der Waals surface area contributed by atoms with Crippen LogP contribution < -0.4 is 10.5 Å². The number of pyridine rings is 1. The third kappa shape index (κ3) is 2.59. The second kappa shape index (κ2) is 4.89. The molecule has 0 radical (unpaired) electrons. The maximum absolute atomic E-state index is 13.5. The fourth-order valence-electron chi connectivity index (χ4n) is 1.38. The number of benzene rings is 1. The standard InChI is InChI=1S/C12H9BrF2N2O/c1-6-2-9(16)12(17-5-6)18-10-4-7(13)3-8(14)11(10)15/h2-5H,16H2,1H3. The first-order valence-corrected chi connectivity index (χ1v) is 5.81. The van der Waals surface area contributed by atoms with Gasteiger partial charge in [-0.25, -0.2) is 9.37 Å². The number of aromatic nitrogens is 1. The van der Waals surface area contributed by atoms with E-state index in [1.54, 1.807) is 6.07 Å². The number of nitrogens with two attached hydrogens (primary N) is 1. The van der Waals surface area contributed by atoms with Crippen molar-refractivity contribution in [3.8, 4) is 11.6 Å². The van der Waals surface area contributed by atoms with Gasteiger partial charge in [0.2, 0.25) is 11.7 Å². The molecule has 0 unspecified atom stereocenters. The van der Waals surface area contributed by atoms with Crippen LogP contribution in [0.1, 0.15) is 5.56 Å². The van der Waals surface area contributed by atoms with Gasteiger partial charge in [-0.15, -0.1) is 0 Å². The highest BCUT2D eigenvalue weighted by molar-refractivity contribution is 9.10. The van der Waals surface area contributed by atoms with Crippen LogP contribution in [0.3, 0.4) is 0 Å². The Morgan fingerprint density at radius 2 is 2.00 bits per heavy atom. The molecule has 1 aromatic carbocycles. The summed E-state index contributed by atoms with van der Waals surface area (Å²) in [5, 5.41) is 0. The second-order valence-electron chi connectivity index (χ2n) is 3.71. The average molecular weight is 315 g/mol. The summed E-state index contributed by atoms with van der Waals surface area (Å²) in [7, 11) is 0. The molecule has 0 spiro atoms. The average Bonchev–Trinajstić information content (AvgIpc) is 2.29. The molecular weight excluding hydrogens is 306 g/mol. The Bertz CT molecular complexity index is 605. The predicted octanol–water partition coefficient (Wildman–Crippen LogP) is 3.81. The Balaban J connectivity index is 2.40. The molecule has 0 aliphatic heterocycles. The molecule has 0 fully saturated rings. The summed E-state index contributed by atoms with van der Waals surface area (Å²) in [6, 6.07) is 3.95. The van der Waals surface area contributed by atoms with Crippen LogP contribution in [0.2, 0.25) is 0 Å². The summed E-state index contributed by atoms with van der Waals surface area (Å²) in [4.78, 5) is 3.92. The summed E-state index contributed by atoms with van der Waals surface area (Å²) >= 11 is 3.05. The van der Waals surface area contributed by atoms with Gasteiger partial charge >= 0.3 is 0 Å². The number of anilines is 1. The van der Waals surface area contributed by atoms with E-state index in [1.165, 1.54) is 12.3 Å². The third-order valence-electron chi connectivity index (χ3n) is 2.18. The van der Waals surface area contributed by atoms with E-state index >= 15 is 0 Å². The van der Waals surface area contributed by atoms with Gasteiger partial charge in [-0.2, -0.15) is 4.39 Å². The van der Waals surface area contributed by atoms with Crippen LogP contribution in [0.5, 0.6) is 11.6 Å². The minimum Gasteiger partial charge on any atom is -0.434 e. The maximum atomic E-state index is 13.5. The number of halogens is 3. The van der Waals surface area contributed by atoms with Crippen LogP contribution in [0.25, 0.3) is 0 Å². The zero-order valence-corrected chi connectivity index (χ0v) is 11.0. The molecule has 0 bridgehead atoms. The van der Waals surface area contributed by atoms with Crippen molar-refractivity contribution in [2.24, 2.45) is 0 Å². The Morgan fingerprint density at radius 3 is 2.67 bits per heavy atom. The predicted molar refractivity (Wildman–Crippen MR) is 67.5 cm³/mol. The van der Waals surface area contributed by atoms with Crippen LogP contribution >= 0.6 is 15.9 Å². The number of nitrogens with zero attached hydrogens (tertiary/aromatic N) is 1. The summed E-state index contributed by atoms with van der Waals surface area (Å²) in [5.41, 5.74) is 6.79. The van der Waals surface area contributed by atoms with Crippen LogP contribution in [0.4, 0.5) is 14.5 Å². The van der Waals surface area contributed by atoms with Gasteiger partial charge in [0.15, 0.2) is 11.6 Å². The topological polar surface area (TPSA) is 48.1 Å². The van der Waals surface area contributed by atoms with Crippen LogP contribution in [-0.4, -0.2) is 4.98 Å². The highest BCUT2D eigenvalue weighted by Gasteiger charge is 2.14. The summed E-state index contributed by atoms with van der Waals surface area (Å²) in [5.74, 6) is -2.33. The molecule has 2 aromatic rings. The Kier molecular flexibility index (Phi) is 3.47. The Morgan fingerprint density at radius 1 is 1.28 bits per heavy atom. The fourth-order valence-corrected chi connectivity index (χ4v) is 1.78. The SMILES string of the molecule is Cc1cnc(Oc2cc(Br)cc(F)c2F)c(N)c1. The summed E-state index contributed by atoms with van der Waals surface area (Å²) in [6.07, 6.45) is 1.53. The zero-order valence-electron chi connectivity index (χ0n) is 9.38. The van der Waals surface area contributed by atoms with Crippen molar-refractivity contribution in [2.45, 2.75) is 6.92 Å². The lowest BCUT2D eigenvalue weighted by Gasteiger charge is -2.09. The molecule has 18 heavy (non-hydrogen) atoms. The van der Waals surface area contributed by atoms with Crippen LogP contribution in [0.15, 0.2) is 28.9 Å². The number of hydrogen-bond acceptors (Lipinski definition) is 3. The lowest BCUT2D eigenvalue weighted by molar-refractivity contribution is 0.406. The molecule has 3 nitrogen and oxygen atoms in total. The quantitative estimate of drug-likeness (QED) is 0.858. The summed E-state index contributed by atoms with van der Waals surface area (Å²) in [6.45, 7) is 1.81. The van der Waals surface area contributed by atoms with Crippen molar-refractivity contribution in [3.63, 3.8) is 0 Å². The fraction of sp³-hybridized carbons (Fsp3) is 0.0833. The minimum absolute atomic E-state index is 0.0389. The second-order valence-corrected chi connectivity index (χ2v) is 4.62. The van der Waals surface area contributed by atoms with E-state index < -0.39 is 11.6 Å². The molecule has 0 atom stereocenters. The Hall–Kier alpha value is -1.69. The highest BCUT2D eigenvalue weighted by atomic mass is 79.9. The third-order valence-corrected chi connectivity index (χ3v) is 2.64. The lowest BCUT2D eigenvalue weighted by atomic mass is 10.3. The maximum Gasteiger partial charge on any atom is 0.242 e. The van der Waals surface area contributed by atoms with E-state index in [1.807, 2.05) is 6.92 Å². The van der Waals surface area contributed by atoms with Gasteiger partial charge in [0.25, 0.3) is 0 Å². The van der Waals surface area contributed by atoms with Gasteiger partial charge in [-0.3, -0.25) is 0 Å². The van der Waals surface area contributed by atoms with Gasteiger partial charge in [0.05, 0.1) is 5.69 Å². The molecule has 0 saturated heterocycles. The normalized spacial score (nSPS) is 10.4. The first kappa shape index (κ1) is 12.8. The van der Waals surface area contributed by atoms with Gasteiger partial charge in [0.1, 0.15) is 0 Å². The largest absolute Gasteiger partial charge is 0.434 e. The molecule has 1 heterocycles. The van der Waals surface area contributed by atoms with E-state index in [4.69, 9.17) is 10.5 Å². The molecule has 0 amide bonds. The van der Waals surface area contributed by atoms with E-state index in [9.17, 15) is 8.78 Å². The number of rotatable bonds is 2. The summed E-state index contributed by atoms with van der Waals surface area (Å²) < 4.78 is 32.2. The van der Waals surface area contributed by atoms with E-state index in [0.29, 0.717) is 4.47 Å². The molecule has 0 aliphatic carbocycles. The van der Waals surface area contributed by atoms with Gasteiger partial charge < -0.3 is 10.5 Å². The number of aryl methyl sites for hydroxylation is 1. The van der Waals surface area contributed by atoms with Gasteiger partial charge in [-0.05, 0) is 30.7 Å². The lowest BCUT2D eigenvalue weighted by Crippen LogP contribution is -1.98. The molecule has 1 aromatic heterocycles. The monoisotopic (exact) mass is 314 g/mol. The van der Waals surface area contributed by atoms with Crippen molar-refractivity contribution in [2.75, 3.05) is 5.73 Å². The molecular formula is C12H9BrF2N2O. The Labute approximate surface area is 111 Å². The van der Waals surface area contributed by atoms with Crippen LogP contribution in [-0.2, 0) is 0 Å². The zero-order chi connectivity index (χ0) is 13.3. The van der Waals surface area contributed by atoms with E-state index in [-0.39, 0.29) is 17.3 Å². The first-order valence-electron chi connectivity index (χ1n) is 5.02. The number of nitrogen functional groups attached to an aromatic ring is 1. The molecule has 94 valence electrons. The van der Waals surface area contributed by atoms with Gasteiger partial charge in [0, 0.05) is 10.7 Å². The minimum atomic E-state index is -1.08. The van der Waals surface area contributed by atoms with Crippen molar-refractivity contribution in [3.05, 3.63) is 46.1 Å². The van der Waals surface area contributed by atoms with Gasteiger partial charge in [-0.1, -0.05) is 15.9 Å². The molecule has 6 heteroatoms. The van der Waals surface area contributed by atoms with Crippen molar-refractivity contribution >= 4 is 21.6 Å². The van der Waals surface area contributed by atoms with E-state index in [0.717, 1.165) is 11.6 Å². The highest BCUT2D eigenvalue weighted by Crippen LogP contribution is 2.31. The van der Waals surface area contributed by atoms with Crippen molar-refractivity contribution < 1.29 is 13.5 Å². The van der Waals surface area contributed by atoms with Crippen molar-refractivity contribution in [1.29, 1.82) is 0 Å². The smallest absolute Gasteiger partial charge is 0.242 e. The molecule has 0 aliphatic rings. The molecule has 2 N–H and O–H groups in total. The molecule has 2 rings (SSSR count).